The van der Waals surface area contributed by atoms with Crippen LogP contribution in [-0.4, -0.2) is 27.3 Å². The molecule has 18 heavy (non-hydrogen) atoms. The minimum absolute atomic E-state index is 0.198. The van der Waals surface area contributed by atoms with E-state index in [-0.39, 0.29) is 5.82 Å². The number of furan rings is 1. The van der Waals surface area contributed by atoms with Gasteiger partial charge in [-0.1, -0.05) is 0 Å². The molecule has 2 rings (SSSR count). The van der Waals surface area contributed by atoms with Gasteiger partial charge in [-0.25, -0.2) is 4.79 Å². The Morgan fingerprint density at radius 1 is 1.39 bits per heavy atom. The van der Waals surface area contributed by atoms with Gasteiger partial charge in [-0.15, -0.1) is 10.2 Å². The number of esters is 1. The first-order chi connectivity index (χ1) is 8.61. The van der Waals surface area contributed by atoms with Gasteiger partial charge in [0, 0.05) is 0 Å². The average Bonchev–Trinajstić information content (AvgIpc) is 2.88. The maximum Gasteiger partial charge on any atom is 0.376 e. The quantitative estimate of drug-likeness (QED) is 0.771. The highest BCUT2D eigenvalue weighted by atomic mass is 16.5. The monoisotopic (exact) mass is 249 g/mol. The summed E-state index contributed by atoms with van der Waals surface area (Å²) in [6.45, 7) is 6.13. The molecule has 0 atom stereocenters. The fourth-order valence-electron chi connectivity index (χ4n) is 1.64. The molecule has 6 heteroatoms. The Hall–Kier alpha value is -2.11. The zero-order chi connectivity index (χ0) is 13.1. The van der Waals surface area contributed by atoms with Gasteiger partial charge in [0.15, 0.2) is 0 Å². The number of carbonyl (C=O) groups excluding carboxylic acids is 1. The molecule has 0 saturated heterocycles. The molecule has 0 fully saturated rings. The Balaban J connectivity index is 2.26. The van der Waals surface area contributed by atoms with Crippen molar-refractivity contribution in [1.29, 1.82) is 0 Å². The lowest BCUT2D eigenvalue weighted by Gasteiger charge is -2.05. The SMILES string of the molecule is CCOC(=O)c1nnc(C)n1Cc1ccc(C)o1. The molecule has 0 aliphatic carbocycles. The Labute approximate surface area is 105 Å². The lowest BCUT2D eigenvalue weighted by atomic mass is 10.4. The first-order valence-corrected chi connectivity index (χ1v) is 5.74. The summed E-state index contributed by atoms with van der Waals surface area (Å²) in [5, 5.41) is 7.73. The van der Waals surface area contributed by atoms with Gasteiger partial charge >= 0.3 is 5.97 Å². The molecule has 0 aliphatic rings. The van der Waals surface area contributed by atoms with Crippen LogP contribution in [0.15, 0.2) is 16.5 Å². The second-order valence-corrected chi connectivity index (χ2v) is 3.89. The highest BCUT2D eigenvalue weighted by molar-refractivity contribution is 5.85. The van der Waals surface area contributed by atoms with E-state index in [1.807, 2.05) is 19.1 Å². The molecular weight excluding hydrogens is 234 g/mol. The predicted octanol–water partition coefficient (Wildman–Crippen LogP) is 1.71. The van der Waals surface area contributed by atoms with Crippen molar-refractivity contribution in [2.24, 2.45) is 0 Å². The molecule has 0 N–H and O–H groups in total. The molecule has 0 saturated carbocycles. The van der Waals surface area contributed by atoms with Crippen molar-refractivity contribution in [2.45, 2.75) is 27.3 Å². The van der Waals surface area contributed by atoms with E-state index in [0.717, 1.165) is 11.5 Å². The number of hydrogen-bond donors (Lipinski definition) is 0. The normalized spacial score (nSPS) is 10.6. The van der Waals surface area contributed by atoms with E-state index >= 15 is 0 Å². The standard InChI is InChI=1S/C12H15N3O3/c1-4-17-12(16)11-14-13-9(3)15(11)7-10-6-5-8(2)18-10/h5-6H,4,7H2,1-3H3. The molecule has 0 amide bonds. The molecular formula is C12H15N3O3. The summed E-state index contributed by atoms with van der Waals surface area (Å²) in [7, 11) is 0. The number of rotatable bonds is 4. The van der Waals surface area contributed by atoms with Crippen molar-refractivity contribution in [3.8, 4) is 0 Å². The van der Waals surface area contributed by atoms with E-state index in [9.17, 15) is 4.79 Å². The molecule has 2 heterocycles. The Bertz CT molecular complexity index is 557. The second kappa shape index (κ2) is 5.03. The van der Waals surface area contributed by atoms with Crippen molar-refractivity contribution >= 4 is 5.97 Å². The zero-order valence-electron chi connectivity index (χ0n) is 10.6. The summed E-state index contributed by atoms with van der Waals surface area (Å²) >= 11 is 0. The molecule has 0 aromatic carbocycles. The number of hydrogen-bond acceptors (Lipinski definition) is 5. The van der Waals surface area contributed by atoms with Crippen molar-refractivity contribution in [3.05, 3.63) is 35.3 Å². The molecule has 2 aromatic heterocycles. The van der Waals surface area contributed by atoms with Gasteiger partial charge in [-0.2, -0.15) is 0 Å². The molecule has 2 aromatic rings. The maximum absolute atomic E-state index is 11.7. The topological polar surface area (TPSA) is 70.2 Å². The third-order valence-corrected chi connectivity index (χ3v) is 2.50. The van der Waals surface area contributed by atoms with Crippen LogP contribution in [0, 0.1) is 13.8 Å². The van der Waals surface area contributed by atoms with E-state index in [1.54, 1.807) is 18.4 Å². The van der Waals surface area contributed by atoms with Crippen molar-refractivity contribution in [3.63, 3.8) is 0 Å². The van der Waals surface area contributed by atoms with Crippen LogP contribution >= 0.6 is 0 Å². The van der Waals surface area contributed by atoms with Crippen LogP contribution in [-0.2, 0) is 11.3 Å². The summed E-state index contributed by atoms with van der Waals surface area (Å²) in [6, 6.07) is 3.74. The Morgan fingerprint density at radius 2 is 2.17 bits per heavy atom. The first kappa shape index (κ1) is 12.3. The van der Waals surface area contributed by atoms with Gasteiger partial charge in [0.1, 0.15) is 17.3 Å². The van der Waals surface area contributed by atoms with Gasteiger partial charge in [0.05, 0.1) is 13.2 Å². The fourth-order valence-corrected chi connectivity index (χ4v) is 1.64. The van der Waals surface area contributed by atoms with Crippen LogP contribution in [0.4, 0.5) is 0 Å². The van der Waals surface area contributed by atoms with Crippen LogP contribution < -0.4 is 0 Å². The predicted molar refractivity (Wildman–Crippen MR) is 63.3 cm³/mol. The first-order valence-electron chi connectivity index (χ1n) is 5.74. The summed E-state index contributed by atoms with van der Waals surface area (Å²) in [5.41, 5.74) is 0. The van der Waals surface area contributed by atoms with Gasteiger partial charge < -0.3 is 9.15 Å². The molecule has 0 bridgehead atoms. The lowest BCUT2D eigenvalue weighted by molar-refractivity contribution is 0.0506. The number of aryl methyl sites for hydroxylation is 2. The van der Waals surface area contributed by atoms with E-state index < -0.39 is 5.97 Å². The molecule has 96 valence electrons. The highest BCUT2D eigenvalue weighted by Gasteiger charge is 2.18. The Morgan fingerprint density at radius 3 is 2.78 bits per heavy atom. The van der Waals surface area contributed by atoms with Crippen LogP contribution in [0.25, 0.3) is 0 Å². The highest BCUT2D eigenvalue weighted by Crippen LogP contribution is 2.11. The largest absolute Gasteiger partial charge is 0.464 e. The van der Waals surface area contributed by atoms with Gasteiger partial charge in [0.2, 0.25) is 5.82 Å². The third kappa shape index (κ3) is 2.42. The van der Waals surface area contributed by atoms with Gasteiger partial charge in [-0.3, -0.25) is 4.57 Å². The third-order valence-electron chi connectivity index (χ3n) is 2.50. The van der Waals surface area contributed by atoms with E-state index in [1.165, 1.54) is 0 Å². The molecule has 6 nitrogen and oxygen atoms in total. The van der Waals surface area contributed by atoms with E-state index in [4.69, 9.17) is 9.15 Å². The van der Waals surface area contributed by atoms with E-state index in [0.29, 0.717) is 19.0 Å². The number of ether oxygens (including phenoxy) is 1. The number of aromatic nitrogens is 3. The summed E-state index contributed by atoms with van der Waals surface area (Å²) < 4.78 is 12.1. The van der Waals surface area contributed by atoms with Gasteiger partial charge in [0.25, 0.3) is 0 Å². The van der Waals surface area contributed by atoms with Crippen LogP contribution in [0.1, 0.15) is 34.9 Å². The zero-order valence-corrected chi connectivity index (χ0v) is 10.6. The Kier molecular flexibility index (Phi) is 3.45. The second-order valence-electron chi connectivity index (χ2n) is 3.89. The summed E-state index contributed by atoms with van der Waals surface area (Å²) in [5.74, 6) is 1.95. The molecule has 0 aliphatic heterocycles. The van der Waals surface area contributed by atoms with Crippen LogP contribution in [0.5, 0.6) is 0 Å². The van der Waals surface area contributed by atoms with Crippen LogP contribution in [0.2, 0.25) is 0 Å². The smallest absolute Gasteiger partial charge is 0.376 e. The van der Waals surface area contributed by atoms with Crippen molar-refractivity contribution in [2.75, 3.05) is 6.61 Å². The van der Waals surface area contributed by atoms with Crippen LogP contribution in [0.3, 0.4) is 0 Å². The summed E-state index contributed by atoms with van der Waals surface area (Å²) in [6.07, 6.45) is 0. The number of carbonyl (C=O) groups is 1. The van der Waals surface area contributed by atoms with Crippen molar-refractivity contribution < 1.29 is 13.9 Å². The molecule has 0 spiro atoms. The molecule has 0 radical (unpaired) electrons. The minimum Gasteiger partial charge on any atom is -0.464 e. The number of nitrogens with zero attached hydrogens (tertiary/aromatic N) is 3. The fraction of sp³-hybridized carbons (Fsp3) is 0.417. The average molecular weight is 249 g/mol. The van der Waals surface area contributed by atoms with E-state index in [2.05, 4.69) is 10.2 Å². The van der Waals surface area contributed by atoms with Crippen molar-refractivity contribution in [1.82, 2.24) is 14.8 Å². The van der Waals surface area contributed by atoms with Gasteiger partial charge in [-0.05, 0) is 32.9 Å². The maximum atomic E-state index is 11.7. The molecule has 0 unspecified atom stereocenters. The lowest BCUT2D eigenvalue weighted by Crippen LogP contribution is -2.14. The summed E-state index contributed by atoms with van der Waals surface area (Å²) in [4.78, 5) is 11.7. The minimum atomic E-state index is -0.471.